The number of rotatable bonds is 6. The maximum Gasteiger partial charge on any atom is 0.266 e. The number of aryl methyl sites for hydroxylation is 2. The van der Waals surface area contributed by atoms with Crippen LogP contribution in [0.2, 0.25) is 0 Å². The van der Waals surface area contributed by atoms with Gasteiger partial charge in [0.25, 0.3) is 11.5 Å². The number of carbonyl (C=O) groups excluding carboxylic acids is 1. The highest BCUT2D eigenvalue weighted by atomic mass is 32.1. The lowest BCUT2D eigenvalue weighted by molar-refractivity contribution is 0.0951. The maximum absolute atomic E-state index is 12.3. The van der Waals surface area contributed by atoms with Gasteiger partial charge in [-0.2, -0.15) is 5.10 Å². The first-order chi connectivity index (χ1) is 14.5. The molecule has 1 N–H and O–H groups in total. The van der Waals surface area contributed by atoms with E-state index < -0.39 is 0 Å². The molecule has 3 heterocycles. The van der Waals surface area contributed by atoms with E-state index in [1.165, 1.54) is 10.7 Å². The van der Waals surface area contributed by atoms with Gasteiger partial charge in [0, 0.05) is 18.2 Å². The summed E-state index contributed by atoms with van der Waals surface area (Å²) in [5.74, 6) is -0.165. The second-order valence-corrected chi connectivity index (χ2v) is 8.76. The van der Waals surface area contributed by atoms with Gasteiger partial charge in [-0.1, -0.05) is 23.8 Å². The zero-order valence-corrected chi connectivity index (χ0v) is 18.2. The van der Waals surface area contributed by atoms with Crippen LogP contribution in [0, 0.1) is 13.8 Å². The average molecular weight is 437 g/mol. The van der Waals surface area contributed by atoms with Gasteiger partial charge in [0.15, 0.2) is 0 Å². The number of carbonyl (C=O) groups is 1. The first-order valence-electron chi connectivity index (χ1n) is 9.46. The van der Waals surface area contributed by atoms with Gasteiger partial charge in [-0.15, -0.1) is 22.7 Å². The largest absolute Gasteiger partial charge is 0.350 e. The van der Waals surface area contributed by atoms with Crippen molar-refractivity contribution >= 4 is 28.6 Å². The van der Waals surface area contributed by atoms with Crippen molar-refractivity contribution in [2.45, 2.75) is 20.4 Å². The summed E-state index contributed by atoms with van der Waals surface area (Å²) in [5, 5.41) is 10.3. The van der Waals surface area contributed by atoms with Gasteiger partial charge in [-0.3, -0.25) is 9.59 Å². The monoisotopic (exact) mass is 436 g/mol. The molecule has 8 heteroatoms. The standard InChI is InChI=1S/C22H20N4O2S2/c1-14-5-3-6-16(13-14)21(28)23-10-11-26-19(27)9-8-17(25-26)20-15(2)24-22(30-20)18-7-4-12-29-18/h3-9,12-13H,10-11H2,1-2H3,(H,23,28). The molecule has 1 aromatic carbocycles. The van der Waals surface area contributed by atoms with E-state index in [9.17, 15) is 9.59 Å². The Morgan fingerprint density at radius 3 is 2.77 bits per heavy atom. The number of thiazole rings is 1. The van der Waals surface area contributed by atoms with E-state index in [1.807, 2.05) is 49.6 Å². The number of nitrogens with one attached hydrogen (secondary N) is 1. The molecule has 0 radical (unpaired) electrons. The third kappa shape index (κ3) is 4.39. The predicted octanol–water partition coefficient (Wildman–Crippen LogP) is 4.14. The van der Waals surface area contributed by atoms with Crippen molar-refractivity contribution in [2.24, 2.45) is 0 Å². The molecule has 6 nitrogen and oxygen atoms in total. The molecule has 0 aliphatic heterocycles. The van der Waals surface area contributed by atoms with Gasteiger partial charge in [0.05, 0.1) is 22.0 Å². The minimum Gasteiger partial charge on any atom is -0.350 e. The number of hydrogen-bond donors (Lipinski definition) is 1. The molecule has 0 saturated heterocycles. The van der Waals surface area contributed by atoms with E-state index in [1.54, 1.807) is 34.8 Å². The molecule has 0 atom stereocenters. The first-order valence-corrected chi connectivity index (χ1v) is 11.2. The quantitative estimate of drug-likeness (QED) is 0.493. The van der Waals surface area contributed by atoms with Gasteiger partial charge in [-0.05, 0) is 43.5 Å². The summed E-state index contributed by atoms with van der Waals surface area (Å²) in [6, 6.07) is 14.7. The van der Waals surface area contributed by atoms with Crippen LogP contribution in [0.15, 0.2) is 58.7 Å². The molecular weight excluding hydrogens is 416 g/mol. The number of benzene rings is 1. The number of nitrogens with zero attached hydrogens (tertiary/aromatic N) is 3. The lowest BCUT2D eigenvalue weighted by Crippen LogP contribution is -2.31. The van der Waals surface area contributed by atoms with Crippen molar-refractivity contribution in [3.05, 3.63) is 81.1 Å². The topological polar surface area (TPSA) is 76.9 Å². The fourth-order valence-corrected chi connectivity index (χ4v) is 4.86. The Hall–Kier alpha value is -3.10. The van der Waals surface area contributed by atoms with Crippen LogP contribution in [0.4, 0.5) is 0 Å². The van der Waals surface area contributed by atoms with E-state index in [-0.39, 0.29) is 11.5 Å². The van der Waals surface area contributed by atoms with E-state index in [0.717, 1.165) is 26.0 Å². The number of hydrogen-bond acceptors (Lipinski definition) is 6. The summed E-state index contributed by atoms with van der Waals surface area (Å²) in [7, 11) is 0. The molecule has 4 rings (SSSR count). The molecule has 0 bridgehead atoms. The van der Waals surface area contributed by atoms with Crippen LogP contribution in [0.1, 0.15) is 21.6 Å². The number of amides is 1. The van der Waals surface area contributed by atoms with Crippen molar-refractivity contribution < 1.29 is 4.79 Å². The third-order valence-corrected chi connectivity index (χ3v) is 6.74. The summed E-state index contributed by atoms with van der Waals surface area (Å²) in [6.07, 6.45) is 0. The maximum atomic E-state index is 12.3. The lowest BCUT2D eigenvalue weighted by atomic mass is 10.1. The van der Waals surface area contributed by atoms with Crippen LogP contribution in [-0.4, -0.2) is 27.2 Å². The minimum absolute atomic E-state index is 0.165. The molecule has 1 amide bonds. The Balaban J connectivity index is 1.49. The average Bonchev–Trinajstić information content (AvgIpc) is 3.39. The smallest absolute Gasteiger partial charge is 0.266 e. The summed E-state index contributed by atoms with van der Waals surface area (Å²) >= 11 is 3.21. The molecule has 0 aliphatic carbocycles. The Morgan fingerprint density at radius 2 is 2.00 bits per heavy atom. The first kappa shape index (κ1) is 20.2. The van der Waals surface area contributed by atoms with Crippen LogP contribution in [-0.2, 0) is 6.54 Å². The van der Waals surface area contributed by atoms with Gasteiger partial charge in [0.2, 0.25) is 0 Å². The van der Waals surface area contributed by atoms with Gasteiger partial charge < -0.3 is 5.32 Å². The van der Waals surface area contributed by atoms with Crippen LogP contribution < -0.4 is 10.9 Å². The van der Waals surface area contributed by atoms with E-state index in [2.05, 4.69) is 15.4 Å². The summed E-state index contributed by atoms with van der Waals surface area (Å²) < 4.78 is 1.38. The number of thiophene rings is 1. The summed E-state index contributed by atoms with van der Waals surface area (Å²) in [5.41, 5.74) is 3.01. The van der Waals surface area contributed by atoms with Crippen molar-refractivity contribution in [2.75, 3.05) is 6.54 Å². The van der Waals surface area contributed by atoms with Crippen LogP contribution in [0.5, 0.6) is 0 Å². The molecular formula is C22H20N4O2S2. The van der Waals surface area contributed by atoms with Gasteiger partial charge in [-0.25, -0.2) is 9.67 Å². The van der Waals surface area contributed by atoms with Crippen molar-refractivity contribution in [3.8, 4) is 20.5 Å². The minimum atomic E-state index is -0.204. The van der Waals surface area contributed by atoms with Crippen LogP contribution >= 0.6 is 22.7 Å². The number of aromatic nitrogens is 3. The second kappa shape index (κ2) is 8.73. The summed E-state index contributed by atoms with van der Waals surface area (Å²) in [6.45, 7) is 4.49. The fraction of sp³-hybridized carbons (Fsp3) is 0.182. The van der Waals surface area contributed by atoms with E-state index in [4.69, 9.17) is 0 Å². The molecule has 30 heavy (non-hydrogen) atoms. The normalized spacial score (nSPS) is 10.9. The molecule has 0 spiro atoms. The predicted molar refractivity (Wildman–Crippen MR) is 121 cm³/mol. The molecule has 152 valence electrons. The molecule has 0 saturated carbocycles. The SMILES string of the molecule is Cc1cccc(C(=O)NCCn2nc(-c3sc(-c4cccs4)nc3C)ccc2=O)c1. The molecule has 3 aromatic heterocycles. The van der Waals surface area contributed by atoms with Crippen molar-refractivity contribution in [3.63, 3.8) is 0 Å². The van der Waals surface area contributed by atoms with Gasteiger partial charge >= 0.3 is 0 Å². The zero-order chi connectivity index (χ0) is 21.1. The molecule has 0 unspecified atom stereocenters. The zero-order valence-electron chi connectivity index (χ0n) is 16.6. The highest BCUT2D eigenvalue weighted by Gasteiger charge is 2.14. The Morgan fingerprint density at radius 1 is 1.13 bits per heavy atom. The van der Waals surface area contributed by atoms with Crippen LogP contribution in [0.25, 0.3) is 20.5 Å². The highest BCUT2D eigenvalue weighted by molar-refractivity contribution is 7.23. The molecule has 0 fully saturated rings. The lowest BCUT2D eigenvalue weighted by Gasteiger charge is -2.08. The van der Waals surface area contributed by atoms with Crippen LogP contribution in [0.3, 0.4) is 0 Å². The Bertz CT molecular complexity index is 1240. The van der Waals surface area contributed by atoms with Crippen molar-refractivity contribution in [1.29, 1.82) is 0 Å². The fourth-order valence-electron chi connectivity index (χ4n) is 3.03. The van der Waals surface area contributed by atoms with E-state index in [0.29, 0.717) is 24.3 Å². The highest BCUT2D eigenvalue weighted by Crippen LogP contribution is 2.35. The molecule has 0 aliphatic rings. The Kier molecular flexibility index (Phi) is 5.87. The summed E-state index contributed by atoms with van der Waals surface area (Å²) in [4.78, 5) is 31.2. The third-order valence-electron chi connectivity index (χ3n) is 4.52. The molecule has 4 aromatic rings. The van der Waals surface area contributed by atoms with Gasteiger partial charge in [0.1, 0.15) is 10.7 Å². The van der Waals surface area contributed by atoms with E-state index >= 15 is 0 Å². The van der Waals surface area contributed by atoms with Crippen molar-refractivity contribution in [1.82, 2.24) is 20.1 Å². The Labute approximate surface area is 181 Å². The second-order valence-electron chi connectivity index (χ2n) is 6.82.